The van der Waals surface area contributed by atoms with E-state index >= 15 is 0 Å². The average Bonchev–Trinajstić information content (AvgIpc) is 3.04. The van der Waals surface area contributed by atoms with Gasteiger partial charge in [-0.25, -0.2) is 4.39 Å². The summed E-state index contributed by atoms with van der Waals surface area (Å²) in [6.45, 7) is 3.90. The summed E-state index contributed by atoms with van der Waals surface area (Å²) >= 11 is 0. The SMILES string of the molecule is CN1CCN(C(=O)[C@H]2CCCN2c2cccc(F)c2C#N)CC1. The van der Waals surface area contributed by atoms with Crippen molar-refractivity contribution in [2.24, 2.45) is 0 Å². The molecule has 5 nitrogen and oxygen atoms in total. The Morgan fingerprint density at radius 2 is 2.00 bits per heavy atom. The Morgan fingerprint density at radius 3 is 2.70 bits per heavy atom. The van der Waals surface area contributed by atoms with Crippen LogP contribution in [0.1, 0.15) is 18.4 Å². The monoisotopic (exact) mass is 316 g/mol. The quantitative estimate of drug-likeness (QED) is 0.828. The van der Waals surface area contributed by atoms with Crippen molar-refractivity contribution in [3.8, 4) is 6.07 Å². The highest BCUT2D eigenvalue weighted by molar-refractivity contribution is 5.86. The van der Waals surface area contributed by atoms with E-state index in [1.54, 1.807) is 12.1 Å². The second-order valence-electron chi connectivity index (χ2n) is 6.23. The number of piperazine rings is 1. The minimum Gasteiger partial charge on any atom is -0.358 e. The molecular weight excluding hydrogens is 295 g/mol. The molecule has 3 rings (SSSR count). The summed E-state index contributed by atoms with van der Waals surface area (Å²) in [5.41, 5.74) is 0.572. The third kappa shape index (κ3) is 3.02. The smallest absolute Gasteiger partial charge is 0.245 e. The van der Waals surface area contributed by atoms with Gasteiger partial charge in [0.15, 0.2) is 0 Å². The van der Waals surface area contributed by atoms with Crippen LogP contribution >= 0.6 is 0 Å². The molecule has 1 aromatic rings. The Kier molecular flexibility index (Phi) is 4.49. The first kappa shape index (κ1) is 15.8. The van der Waals surface area contributed by atoms with Crippen molar-refractivity contribution in [1.82, 2.24) is 9.80 Å². The van der Waals surface area contributed by atoms with E-state index < -0.39 is 5.82 Å². The van der Waals surface area contributed by atoms with E-state index in [4.69, 9.17) is 0 Å². The highest BCUT2D eigenvalue weighted by Gasteiger charge is 2.35. The third-order valence-electron chi connectivity index (χ3n) is 4.77. The van der Waals surface area contributed by atoms with Crippen LogP contribution in [0.2, 0.25) is 0 Å². The van der Waals surface area contributed by atoms with Crippen molar-refractivity contribution in [2.75, 3.05) is 44.7 Å². The molecule has 1 atom stereocenters. The highest BCUT2D eigenvalue weighted by atomic mass is 19.1. The molecule has 2 aliphatic heterocycles. The molecular formula is C17H21FN4O. The second-order valence-corrected chi connectivity index (χ2v) is 6.23. The van der Waals surface area contributed by atoms with E-state index in [9.17, 15) is 14.4 Å². The number of nitrogens with zero attached hydrogens (tertiary/aromatic N) is 4. The molecule has 122 valence electrons. The van der Waals surface area contributed by atoms with Crippen molar-refractivity contribution < 1.29 is 9.18 Å². The van der Waals surface area contributed by atoms with Crippen LogP contribution in [-0.2, 0) is 4.79 Å². The number of carbonyl (C=O) groups excluding carboxylic acids is 1. The van der Waals surface area contributed by atoms with Crippen molar-refractivity contribution in [3.63, 3.8) is 0 Å². The summed E-state index contributed by atoms with van der Waals surface area (Å²) in [6.07, 6.45) is 1.64. The summed E-state index contributed by atoms with van der Waals surface area (Å²) < 4.78 is 13.9. The zero-order valence-electron chi connectivity index (χ0n) is 13.3. The van der Waals surface area contributed by atoms with Crippen molar-refractivity contribution >= 4 is 11.6 Å². The molecule has 0 saturated carbocycles. The van der Waals surface area contributed by atoms with Gasteiger partial charge in [0.1, 0.15) is 23.5 Å². The topological polar surface area (TPSA) is 50.6 Å². The van der Waals surface area contributed by atoms with Gasteiger partial charge in [0.25, 0.3) is 0 Å². The molecule has 1 amide bonds. The maximum absolute atomic E-state index is 13.9. The fourth-order valence-corrected chi connectivity index (χ4v) is 3.41. The minimum atomic E-state index is -0.525. The standard InChI is InChI=1S/C17H21FN4O/c1-20-8-10-21(11-9-20)17(23)16-6-3-7-22(16)15-5-2-4-14(18)13(15)12-19/h2,4-5,16H,3,6-11H2,1H3/t16-/m1/s1. The van der Waals surface area contributed by atoms with Crippen LogP contribution in [0.3, 0.4) is 0 Å². The lowest BCUT2D eigenvalue weighted by Gasteiger charge is -2.36. The van der Waals surface area contributed by atoms with Gasteiger partial charge in [0, 0.05) is 32.7 Å². The molecule has 0 spiro atoms. The van der Waals surface area contributed by atoms with Crippen LogP contribution < -0.4 is 4.90 Å². The Labute approximate surface area is 135 Å². The molecule has 2 aliphatic rings. The van der Waals surface area contributed by atoms with Gasteiger partial charge in [-0.15, -0.1) is 0 Å². The minimum absolute atomic E-state index is 0.0329. The van der Waals surface area contributed by atoms with Crippen LogP contribution in [0.5, 0.6) is 0 Å². The number of benzene rings is 1. The number of halogens is 1. The van der Waals surface area contributed by atoms with Gasteiger partial charge in [0.2, 0.25) is 5.91 Å². The zero-order chi connectivity index (χ0) is 16.4. The zero-order valence-corrected chi connectivity index (χ0v) is 13.3. The molecule has 0 unspecified atom stereocenters. The molecule has 0 N–H and O–H groups in total. The summed E-state index contributed by atoms with van der Waals surface area (Å²) in [5, 5.41) is 9.24. The fraction of sp³-hybridized carbons (Fsp3) is 0.529. The molecule has 23 heavy (non-hydrogen) atoms. The summed E-state index contributed by atoms with van der Waals surface area (Å²) in [6, 6.07) is 6.27. The maximum atomic E-state index is 13.9. The summed E-state index contributed by atoms with van der Waals surface area (Å²) in [7, 11) is 2.05. The van der Waals surface area contributed by atoms with E-state index in [0.29, 0.717) is 12.2 Å². The number of rotatable bonds is 2. The molecule has 0 aromatic heterocycles. The fourth-order valence-electron chi connectivity index (χ4n) is 3.41. The van der Waals surface area contributed by atoms with Gasteiger partial charge < -0.3 is 14.7 Å². The molecule has 0 radical (unpaired) electrons. The first-order valence-electron chi connectivity index (χ1n) is 8.04. The Morgan fingerprint density at radius 1 is 1.26 bits per heavy atom. The highest BCUT2D eigenvalue weighted by Crippen LogP contribution is 2.30. The maximum Gasteiger partial charge on any atom is 0.245 e. The number of anilines is 1. The van der Waals surface area contributed by atoms with Crippen LogP contribution in [-0.4, -0.2) is 61.5 Å². The first-order chi connectivity index (χ1) is 11.1. The molecule has 6 heteroatoms. The lowest BCUT2D eigenvalue weighted by molar-refractivity contribution is -0.134. The molecule has 2 heterocycles. The van der Waals surface area contributed by atoms with Gasteiger partial charge in [-0.05, 0) is 32.0 Å². The Balaban J connectivity index is 1.82. The van der Waals surface area contributed by atoms with E-state index in [2.05, 4.69) is 11.9 Å². The van der Waals surface area contributed by atoms with E-state index in [1.807, 2.05) is 15.9 Å². The lowest BCUT2D eigenvalue weighted by atomic mass is 10.1. The number of likely N-dealkylation sites (N-methyl/N-ethyl adjacent to an activating group) is 1. The Hall–Kier alpha value is -2.13. The number of hydrogen-bond acceptors (Lipinski definition) is 4. The van der Waals surface area contributed by atoms with Crippen molar-refractivity contribution in [1.29, 1.82) is 5.26 Å². The number of nitriles is 1. The van der Waals surface area contributed by atoms with Gasteiger partial charge in [-0.3, -0.25) is 4.79 Å². The van der Waals surface area contributed by atoms with Gasteiger partial charge in [-0.1, -0.05) is 6.07 Å². The summed E-state index contributed by atoms with van der Waals surface area (Å²) in [4.78, 5) is 18.9. The van der Waals surface area contributed by atoms with Crippen molar-refractivity contribution in [3.05, 3.63) is 29.6 Å². The van der Waals surface area contributed by atoms with Crippen molar-refractivity contribution in [2.45, 2.75) is 18.9 Å². The van der Waals surface area contributed by atoms with E-state index in [1.165, 1.54) is 6.07 Å². The van der Waals surface area contributed by atoms with Crippen LogP contribution in [0.25, 0.3) is 0 Å². The molecule has 0 aliphatic carbocycles. The normalized spacial score (nSPS) is 22.2. The summed E-state index contributed by atoms with van der Waals surface area (Å²) in [5.74, 6) is -0.425. The molecule has 2 saturated heterocycles. The van der Waals surface area contributed by atoms with Gasteiger partial charge >= 0.3 is 0 Å². The van der Waals surface area contributed by atoms with Crippen LogP contribution in [0, 0.1) is 17.1 Å². The third-order valence-corrected chi connectivity index (χ3v) is 4.77. The van der Waals surface area contributed by atoms with Crippen LogP contribution in [0.4, 0.5) is 10.1 Å². The predicted octanol–water partition coefficient (Wildman–Crippen LogP) is 1.44. The molecule has 1 aromatic carbocycles. The van der Waals surface area contributed by atoms with Crippen LogP contribution in [0.15, 0.2) is 18.2 Å². The molecule has 0 bridgehead atoms. The number of hydrogen-bond donors (Lipinski definition) is 0. The number of amides is 1. The van der Waals surface area contributed by atoms with E-state index in [-0.39, 0.29) is 17.5 Å². The average molecular weight is 316 g/mol. The largest absolute Gasteiger partial charge is 0.358 e. The Bertz CT molecular complexity index is 634. The van der Waals surface area contributed by atoms with Gasteiger partial charge in [0.05, 0.1) is 5.69 Å². The molecule has 2 fully saturated rings. The lowest BCUT2D eigenvalue weighted by Crippen LogP contribution is -2.53. The first-order valence-corrected chi connectivity index (χ1v) is 8.04. The number of carbonyl (C=O) groups is 1. The predicted molar refractivity (Wildman–Crippen MR) is 85.6 cm³/mol. The van der Waals surface area contributed by atoms with E-state index in [0.717, 1.165) is 39.0 Å². The second kappa shape index (κ2) is 6.55. The van der Waals surface area contributed by atoms with Gasteiger partial charge in [-0.2, -0.15) is 5.26 Å².